The van der Waals surface area contributed by atoms with Crippen molar-refractivity contribution in [2.45, 2.75) is 57.6 Å². The van der Waals surface area contributed by atoms with Crippen LogP contribution in [0.1, 0.15) is 37.3 Å². The number of aromatic nitrogens is 1. The molecule has 1 aromatic heterocycles. The zero-order valence-electron chi connectivity index (χ0n) is 23.1. The Hall–Kier alpha value is -3.48. The predicted octanol–water partition coefficient (Wildman–Crippen LogP) is 1.59. The van der Waals surface area contributed by atoms with Crippen LogP contribution in [-0.4, -0.2) is 47.6 Å². The Bertz CT molecular complexity index is 1460. The molecule has 2 aromatic carbocycles. The first kappa shape index (κ1) is 30.5. The molecule has 1 aliphatic rings. The van der Waals surface area contributed by atoms with Gasteiger partial charge >= 0.3 is 0 Å². The van der Waals surface area contributed by atoms with Crippen molar-refractivity contribution < 1.29 is 9.50 Å². The summed E-state index contributed by atoms with van der Waals surface area (Å²) < 4.78 is 15.1. The molecule has 0 spiro atoms. The van der Waals surface area contributed by atoms with Gasteiger partial charge in [0.15, 0.2) is 11.8 Å². The van der Waals surface area contributed by atoms with Crippen molar-refractivity contribution in [2.24, 2.45) is 22.2 Å². The highest BCUT2D eigenvalue weighted by Crippen LogP contribution is 2.29. The van der Waals surface area contributed by atoms with E-state index in [1.807, 2.05) is 37.3 Å². The third-order valence-corrected chi connectivity index (χ3v) is 7.25. The van der Waals surface area contributed by atoms with E-state index in [2.05, 4.69) is 20.6 Å². The van der Waals surface area contributed by atoms with Crippen molar-refractivity contribution in [2.75, 3.05) is 18.0 Å². The normalized spacial score (nSPS) is 16.0. The van der Waals surface area contributed by atoms with E-state index in [9.17, 15) is 5.11 Å². The van der Waals surface area contributed by atoms with Crippen LogP contribution in [0.3, 0.4) is 0 Å². The number of hydrogen-bond acceptors (Lipinski definition) is 7. The number of hydrogen-bond donors (Lipinski definition) is 8. The van der Waals surface area contributed by atoms with Crippen molar-refractivity contribution >= 4 is 29.4 Å². The van der Waals surface area contributed by atoms with Gasteiger partial charge in [0.05, 0.1) is 10.7 Å². The number of aromatic amines is 1. The van der Waals surface area contributed by atoms with E-state index in [-0.39, 0.29) is 23.1 Å². The average molecular weight is 584 g/mol. The molecule has 0 fully saturated rings. The quantitative estimate of drug-likeness (QED) is 0.0855. The molecule has 0 bridgehead atoms. The maximum atomic E-state index is 15.1. The first-order valence-corrected chi connectivity index (χ1v) is 14.1. The Morgan fingerprint density at radius 1 is 1.22 bits per heavy atom. The van der Waals surface area contributed by atoms with E-state index in [1.54, 1.807) is 23.2 Å². The molecule has 0 amide bonds. The van der Waals surface area contributed by atoms with Crippen LogP contribution in [-0.2, 0) is 13.0 Å². The van der Waals surface area contributed by atoms with Crippen LogP contribution in [0.5, 0.6) is 0 Å². The molecule has 3 aromatic rings. The van der Waals surface area contributed by atoms with Gasteiger partial charge in [-0.1, -0.05) is 23.7 Å². The molecule has 10 nitrogen and oxygen atoms in total. The molecule has 1 aliphatic heterocycles. The zero-order chi connectivity index (χ0) is 29.5. The summed E-state index contributed by atoms with van der Waals surface area (Å²) in [6.45, 7) is 3.72. The summed E-state index contributed by atoms with van der Waals surface area (Å²) in [4.78, 5) is 9.19. The molecule has 1 unspecified atom stereocenters. The first-order chi connectivity index (χ1) is 19.6. The Labute approximate surface area is 244 Å². The minimum atomic E-state index is -1.14. The fourth-order valence-electron chi connectivity index (χ4n) is 4.79. The summed E-state index contributed by atoms with van der Waals surface area (Å²) in [5.41, 5.74) is 21.1. The molecule has 12 heteroatoms. The Kier molecular flexibility index (Phi) is 10.4. The fourth-order valence-corrected chi connectivity index (χ4v) is 5.03. The fraction of sp³-hybridized carbons (Fsp3) is 0.379. The summed E-state index contributed by atoms with van der Waals surface area (Å²) >= 11 is 6.24. The number of rotatable bonds is 13. The summed E-state index contributed by atoms with van der Waals surface area (Å²) in [6, 6.07) is 13.1. The van der Waals surface area contributed by atoms with Gasteiger partial charge in [0.2, 0.25) is 6.35 Å². The van der Waals surface area contributed by atoms with E-state index in [4.69, 9.17) is 34.2 Å². The summed E-state index contributed by atoms with van der Waals surface area (Å²) in [5, 5.41) is 25.1. The van der Waals surface area contributed by atoms with Crippen LogP contribution in [0.15, 0.2) is 47.5 Å². The molecular formula is C29H39ClFN9O. The molecule has 220 valence electrons. The number of halogens is 2. The van der Waals surface area contributed by atoms with Gasteiger partial charge in [-0.2, -0.15) is 0 Å². The van der Waals surface area contributed by atoms with Gasteiger partial charge in [-0.3, -0.25) is 5.41 Å². The third-order valence-electron chi connectivity index (χ3n) is 6.98. The topological polar surface area (TPSA) is 178 Å². The second-order valence-electron chi connectivity index (χ2n) is 10.4. The van der Waals surface area contributed by atoms with Crippen LogP contribution < -0.4 is 43.4 Å². The molecule has 41 heavy (non-hydrogen) atoms. The lowest BCUT2D eigenvalue weighted by atomic mass is 10.0. The van der Waals surface area contributed by atoms with Gasteiger partial charge in [-0.15, -0.1) is 0 Å². The molecule has 4 rings (SSSR count). The molecule has 3 atom stereocenters. The number of nitrogens with one attached hydrogen (secondary N) is 4. The van der Waals surface area contributed by atoms with Gasteiger partial charge in [0, 0.05) is 47.8 Å². The van der Waals surface area contributed by atoms with Crippen molar-refractivity contribution in [1.82, 2.24) is 15.6 Å². The van der Waals surface area contributed by atoms with E-state index in [0.29, 0.717) is 36.4 Å². The number of benzene rings is 2. The first-order valence-electron chi connectivity index (χ1n) is 13.7. The maximum absolute atomic E-state index is 15.1. The highest BCUT2D eigenvalue weighted by molar-refractivity contribution is 6.31. The number of anilines is 1. The van der Waals surface area contributed by atoms with Gasteiger partial charge in [-0.05, 0) is 80.6 Å². The van der Waals surface area contributed by atoms with Crippen LogP contribution in [0.2, 0.25) is 5.02 Å². The highest BCUT2D eigenvalue weighted by Gasteiger charge is 2.19. The smallest absolute Gasteiger partial charge is 0.231 e. The van der Waals surface area contributed by atoms with Gasteiger partial charge in [0.1, 0.15) is 5.49 Å². The van der Waals surface area contributed by atoms with Crippen molar-refractivity contribution in [1.29, 1.82) is 5.41 Å². The number of aliphatic hydroxyl groups excluding tert-OH is 1. The average Bonchev–Trinajstić information content (AvgIpc) is 3.34. The van der Waals surface area contributed by atoms with E-state index >= 15 is 4.39 Å². The van der Waals surface area contributed by atoms with Gasteiger partial charge in [0.25, 0.3) is 0 Å². The van der Waals surface area contributed by atoms with Crippen LogP contribution >= 0.6 is 11.6 Å². The van der Waals surface area contributed by atoms with Crippen LogP contribution in [0.4, 0.5) is 10.1 Å². The van der Waals surface area contributed by atoms with Crippen molar-refractivity contribution in [3.05, 3.63) is 75.1 Å². The second kappa shape index (κ2) is 13.9. The van der Waals surface area contributed by atoms with Gasteiger partial charge < -0.3 is 42.8 Å². The third kappa shape index (κ3) is 8.05. The minimum Gasteiger partial charge on any atom is -0.370 e. The summed E-state index contributed by atoms with van der Waals surface area (Å²) in [5.74, 6) is -0.589. The number of H-pyrrole nitrogens is 1. The number of fused-ring (bicyclic) bond motifs is 1. The Morgan fingerprint density at radius 3 is 2.66 bits per heavy atom. The largest absolute Gasteiger partial charge is 0.370 e. The van der Waals surface area contributed by atoms with E-state index < -0.39 is 12.2 Å². The maximum Gasteiger partial charge on any atom is 0.231 e. The SMILES string of the molecule is C[C@H](N)CCCc1cc(Cl)c(F)c(-c2cc3c([nH]2)=NC(O)N(c2ccc(CNCC[C@@H](CN)NC(=N)N)cc2)C=3)c1. The molecule has 0 saturated heterocycles. The van der Waals surface area contributed by atoms with Crippen molar-refractivity contribution in [3.63, 3.8) is 0 Å². The van der Waals surface area contributed by atoms with E-state index in [0.717, 1.165) is 47.7 Å². The minimum absolute atomic E-state index is 0.0521. The molecule has 11 N–H and O–H groups in total. The summed E-state index contributed by atoms with van der Waals surface area (Å²) in [6.07, 6.45) is 3.88. The summed E-state index contributed by atoms with van der Waals surface area (Å²) in [7, 11) is 0. The molecular weight excluding hydrogens is 545 g/mol. The number of guanidine groups is 1. The monoisotopic (exact) mass is 583 g/mol. The predicted molar refractivity (Wildman–Crippen MR) is 162 cm³/mol. The lowest BCUT2D eigenvalue weighted by Gasteiger charge is -2.25. The molecule has 2 heterocycles. The molecule has 0 radical (unpaired) electrons. The lowest BCUT2D eigenvalue weighted by Crippen LogP contribution is -2.44. The van der Waals surface area contributed by atoms with Gasteiger partial charge in [-0.25, -0.2) is 9.38 Å². The highest BCUT2D eigenvalue weighted by atomic mass is 35.5. The van der Waals surface area contributed by atoms with Crippen molar-refractivity contribution in [3.8, 4) is 11.3 Å². The Balaban J connectivity index is 1.45. The second-order valence-corrected chi connectivity index (χ2v) is 10.8. The van der Waals surface area contributed by atoms with E-state index in [1.165, 1.54) is 0 Å². The number of aliphatic hydroxyl groups is 1. The number of nitrogens with two attached hydrogens (primary N) is 3. The molecule has 0 aliphatic carbocycles. The standard InChI is InChI=1S/C29H39ClFN9O/c1-17(33)3-2-4-19-11-23(26(31)24(30)12-19)25-13-20-16-40(29(41)39-27(20)38-25)22-7-5-18(6-8-22)15-36-10-9-21(14-32)37-28(34)35/h5-8,11-13,16-17,21,29,36,41H,2-4,9-10,14-15,32-33H2,1H3,(H,38,39)(H4,34,35,37)/t17-,21-,29?/m0/s1. The van der Waals surface area contributed by atoms with Crippen LogP contribution in [0.25, 0.3) is 17.5 Å². The number of nitrogens with zero attached hydrogens (tertiary/aromatic N) is 2. The molecule has 0 saturated carbocycles. The zero-order valence-corrected chi connectivity index (χ0v) is 23.9. The van der Waals surface area contributed by atoms with Crippen LogP contribution in [0, 0.1) is 11.2 Å². The Morgan fingerprint density at radius 2 is 1.98 bits per heavy atom. The lowest BCUT2D eigenvalue weighted by molar-refractivity contribution is 0.186. The number of aryl methyl sites for hydroxylation is 1.